The number of benzene rings is 2. The minimum atomic E-state index is -4.81. The zero-order valence-electron chi connectivity index (χ0n) is 19.8. The molecular weight excluding hydrogens is 550 g/mol. The molecule has 39 heavy (non-hydrogen) atoms. The van der Waals surface area contributed by atoms with Crippen molar-refractivity contribution in [2.24, 2.45) is 0 Å². The van der Waals surface area contributed by atoms with Crippen LogP contribution in [0.25, 0.3) is 16.9 Å². The predicted octanol–water partition coefficient (Wildman–Crippen LogP) is 5.57. The first-order valence-corrected chi connectivity index (χ1v) is 11.4. The van der Waals surface area contributed by atoms with Crippen LogP contribution in [0.3, 0.4) is 0 Å². The van der Waals surface area contributed by atoms with E-state index < -0.39 is 58.4 Å². The van der Waals surface area contributed by atoms with E-state index >= 15 is 0 Å². The number of pyridine rings is 1. The Morgan fingerprint density at radius 2 is 1.69 bits per heavy atom. The number of aromatic nitrogens is 3. The van der Waals surface area contributed by atoms with Crippen LogP contribution in [0.5, 0.6) is 0 Å². The summed E-state index contributed by atoms with van der Waals surface area (Å²) in [6.45, 7) is 0.977. The van der Waals surface area contributed by atoms with Gasteiger partial charge in [0.1, 0.15) is 6.54 Å². The molecule has 0 bridgehead atoms. The first-order valence-electron chi connectivity index (χ1n) is 11.0. The van der Waals surface area contributed by atoms with Crippen molar-refractivity contribution in [1.82, 2.24) is 14.1 Å². The molecule has 0 saturated carbocycles. The minimum absolute atomic E-state index is 0.00593. The fraction of sp³-hybridized carbons (Fsp3) is 0.154. The number of hydrogen-bond donors (Lipinski definition) is 0. The highest BCUT2D eigenvalue weighted by molar-refractivity contribution is 6.31. The lowest BCUT2D eigenvalue weighted by Crippen LogP contribution is -2.42. The van der Waals surface area contributed by atoms with Crippen LogP contribution < -0.4 is 11.2 Å². The summed E-state index contributed by atoms with van der Waals surface area (Å²) in [5.41, 5.74) is -3.65. The third-order valence-corrected chi connectivity index (χ3v) is 6.07. The monoisotopic (exact) mass is 564 g/mol. The van der Waals surface area contributed by atoms with Gasteiger partial charge in [-0.25, -0.2) is 22.5 Å². The fourth-order valence-electron chi connectivity index (χ4n) is 4.10. The third kappa shape index (κ3) is 5.31. The number of halogens is 7. The molecule has 200 valence electrons. The molecule has 0 radical (unpaired) electrons. The highest BCUT2D eigenvalue weighted by Gasteiger charge is 2.33. The average Bonchev–Trinajstić information content (AvgIpc) is 2.85. The summed E-state index contributed by atoms with van der Waals surface area (Å²) in [6.07, 6.45) is -2.75. The van der Waals surface area contributed by atoms with Crippen LogP contribution in [-0.2, 0) is 19.1 Å². The summed E-state index contributed by atoms with van der Waals surface area (Å²) < 4.78 is 83.0. The Hall–Kier alpha value is -4.37. The van der Waals surface area contributed by atoms with E-state index in [9.17, 15) is 41.2 Å². The van der Waals surface area contributed by atoms with Gasteiger partial charge in [-0.1, -0.05) is 17.7 Å². The van der Waals surface area contributed by atoms with Crippen molar-refractivity contribution in [2.75, 3.05) is 0 Å². The maximum Gasteiger partial charge on any atom is 0.417 e. The Bertz CT molecular complexity index is 1750. The molecule has 0 fully saturated rings. The van der Waals surface area contributed by atoms with Crippen LogP contribution in [-0.4, -0.2) is 14.1 Å². The summed E-state index contributed by atoms with van der Waals surface area (Å²) in [5.74, 6) is -4.83. The van der Waals surface area contributed by atoms with Crippen LogP contribution in [0.15, 0.2) is 58.4 Å². The van der Waals surface area contributed by atoms with E-state index in [0.29, 0.717) is 28.3 Å². The largest absolute Gasteiger partial charge is 0.417 e. The lowest BCUT2D eigenvalue weighted by Gasteiger charge is -2.19. The van der Waals surface area contributed by atoms with Crippen molar-refractivity contribution >= 4 is 11.6 Å². The van der Waals surface area contributed by atoms with Gasteiger partial charge < -0.3 is 0 Å². The van der Waals surface area contributed by atoms with Crippen molar-refractivity contribution in [2.45, 2.75) is 26.1 Å². The second-order valence-electron chi connectivity index (χ2n) is 8.46. The molecule has 2 aromatic carbocycles. The van der Waals surface area contributed by atoms with Crippen molar-refractivity contribution in [1.29, 1.82) is 5.26 Å². The van der Waals surface area contributed by atoms with Gasteiger partial charge in [0.15, 0.2) is 17.5 Å². The number of alkyl halides is 3. The molecule has 4 aromatic rings. The Balaban J connectivity index is 2.11. The van der Waals surface area contributed by atoms with Gasteiger partial charge in [0.25, 0.3) is 5.56 Å². The minimum Gasteiger partial charge on any atom is -0.279 e. The first-order chi connectivity index (χ1) is 18.3. The summed E-state index contributed by atoms with van der Waals surface area (Å²) in [4.78, 5) is 31.2. The molecule has 0 aliphatic carbocycles. The summed E-state index contributed by atoms with van der Waals surface area (Å²) >= 11 is 5.88. The Labute approximate surface area is 221 Å². The zero-order chi connectivity index (χ0) is 28.6. The maximum atomic E-state index is 14.0. The lowest BCUT2D eigenvalue weighted by molar-refractivity contribution is -0.137. The lowest BCUT2D eigenvalue weighted by atomic mass is 9.98. The van der Waals surface area contributed by atoms with E-state index in [4.69, 9.17) is 11.6 Å². The van der Waals surface area contributed by atoms with Gasteiger partial charge in [0.2, 0.25) is 0 Å². The van der Waals surface area contributed by atoms with E-state index in [2.05, 4.69) is 4.98 Å². The van der Waals surface area contributed by atoms with Crippen molar-refractivity contribution in [3.8, 4) is 23.0 Å². The maximum absolute atomic E-state index is 14.0. The normalized spacial score (nSPS) is 11.5. The van der Waals surface area contributed by atoms with Gasteiger partial charge in [0, 0.05) is 23.7 Å². The topological polar surface area (TPSA) is 80.7 Å². The SMILES string of the molecule is Cc1cncc(-n2c(=O)c(Cc3cc(F)c(F)c(F)c3)c(-c3ccc(C(F)(F)F)c(Cl)c3)n(CC#N)c2=O)c1. The quantitative estimate of drug-likeness (QED) is 0.234. The molecule has 0 unspecified atom stereocenters. The Kier molecular flexibility index (Phi) is 7.39. The summed E-state index contributed by atoms with van der Waals surface area (Å²) in [6, 6.07) is 6.93. The molecule has 6 nitrogen and oxygen atoms in total. The molecule has 4 rings (SSSR count). The van der Waals surface area contributed by atoms with Gasteiger partial charge in [-0.05, 0) is 48.4 Å². The standard InChI is InChI=1S/C26H15ClF6N4O2/c1-13-6-16(12-35-11-13)37-24(38)17(7-14-8-20(28)22(30)21(29)9-14)23(36(5-4-34)25(37)39)15-2-3-18(19(27)10-15)26(31,32)33/h2-3,6,8-12H,5,7H2,1H3. The molecule has 0 amide bonds. The molecule has 2 heterocycles. The van der Waals surface area contributed by atoms with E-state index in [1.165, 1.54) is 18.5 Å². The highest BCUT2D eigenvalue weighted by Crippen LogP contribution is 2.37. The van der Waals surface area contributed by atoms with Crippen molar-refractivity contribution < 1.29 is 26.3 Å². The molecular formula is C26H15ClF6N4O2. The van der Waals surface area contributed by atoms with Crippen LogP contribution in [0, 0.1) is 35.7 Å². The molecule has 2 aromatic heterocycles. The van der Waals surface area contributed by atoms with Gasteiger partial charge in [0.05, 0.1) is 34.2 Å². The summed E-state index contributed by atoms with van der Waals surface area (Å²) in [5, 5.41) is 8.70. The van der Waals surface area contributed by atoms with E-state index in [0.717, 1.165) is 16.7 Å². The average molecular weight is 565 g/mol. The summed E-state index contributed by atoms with van der Waals surface area (Å²) in [7, 11) is 0. The zero-order valence-corrected chi connectivity index (χ0v) is 20.5. The molecule has 0 atom stereocenters. The second kappa shape index (κ2) is 10.4. The number of hydrogen-bond acceptors (Lipinski definition) is 4. The molecule has 0 aliphatic heterocycles. The van der Waals surface area contributed by atoms with Gasteiger partial charge in [-0.15, -0.1) is 0 Å². The third-order valence-electron chi connectivity index (χ3n) is 5.76. The van der Waals surface area contributed by atoms with Crippen LogP contribution in [0.4, 0.5) is 26.3 Å². The number of nitrogens with zero attached hydrogens (tertiary/aromatic N) is 4. The number of rotatable bonds is 5. The smallest absolute Gasteiger partial charge is 0.279 e. The van der Waals surface area contributed by atoms with Gasteiger partial charge in [-0.2, -0.15) is 18.4 Å². The molecule has 0 spiro atoms. The highest BCUT2D eigenvalue weighted by atomic mass is 35.5. The molecule has 0 saturated heterocycles. The number of nitriles is 1. The van der Waals surface area contributed by atoms with Crippen LogP contribution in [0.1, 0.15) is 22.3 Å². The van der Waals surface area contributed by atoms with E-state index in [1.807, 2.05) is 0 Å². The Morgan fingerprint density at radius 1 is 1.03 bits per heavy atom. The van der Waals surface area contributed by atoms with E-state index in [-0.39, 0.29) is 28.1 Å². The molecule has 13 heteroatoms. The molecule has 0 aliphatic rings. The fourth-order valence-corrected chi connectivity index (χ4v) is 4.39. The second-order valence-corrected chi connectivity index (χ2v) is 8.86. The van der Waals surface area contributed by atoms with E-state index in [1.54, 1.807) is 13.0 Å². The van der Waals surface area contributed by atoms with Crippen LogP contribution >= 0.6 is 11.6 Å². The van der Waals surface area contributed by atoms with Gasteiger partial charge in [-0.3, -0.25) is 14.3 Å². The van der Waals surface area contributed by atoms with Gasteiger partial charge >= 0.3 is 11.9 Å². The molecule has 0 N–H and O–H groups in total. The predicted molar refractivity (Wildman–Crippen MR) is 129 cm³/mol. The first kappa shape index (κ1) is 27.7. The van der Waals surface area contributed by atoms with Crippen molar-refractivity contribution in [3.05, 3.63) is 114 Å². The number of aryl methyl sites for hydroxylation is 1. The van der Waals surface area contributed by atoms with Crippen LogP contribution in [0.2, 0.25) is 5.02 Å². The van der Waals surface area contributed by atoms with Crippen molar-refractivity contribution in [3.63, 3.8) is 0 Å². The Morgan fingerprint density at radius 3 is 2.26 bits per heavy atom.